The van der Waals surface area contributed by atoms with E-state index in [1.807, 2.05) is 30.3 Å². The first-order valence-corrected chi connectivity index (χ1v) is 6.35. The van der Waals surface area contributed by atoms with Gasteiger partial charge < -0.3 is 5.73 Å². The van der Waals surface area contributed by atoms with Crippen molar-refractivity contribution in [3.05, 3.63) is 59.4 Å². The van der Waals surface area contributed by atoms with Crippen molar-refractivity contribution in [3.8, 4) is 6.07 Å². The van der Waals surface area contributed by atoms with Gasteiger partial charge in [-0.15, -0.1) is 11.8 Å². The van der Waals surface area contributed by atoms with Gasteiger partial charge in [0, 0.05) is 16.3 Å². The van der Waals surface area contributed by atoms with Crippen molar-refractivity contribution in [2.75, 3.05) is 5.73 Å². The molecule has 2 N–H and O–H groups in total. The smallest absolute Gasteiger partial charge is 0.124 e. The lowest BCUT2D eigenvalue weighted by molar-refractivity contribution is 0.627. The first-order valence-electron chi connectivity index (χ1n) is 5.36. The van der Waals surface area contributed by atoms with Crippen LogP contribution in [0.4, 0.5) is 10.1 Å². The predicted molar refractivity (Wildman–Crippen MR) is 71.5 cm³/mol. The molecule has 0 aliphatic carbocycles. The number of halogens is 1. The van der Waals surface area contributed by atoms with Crippen molar-refractivity contribution in [2.24, 2.45) is 0 Å². The lowest BCUT2D eigenvalue weighted by atomic mass is 10.1. The second kappa shape index (κ2) is 5.56. The quantitative estimate of drug-likeness (QED) is 0.676. The van der Waals surface area contributed by atoms with Crippen molar-refractivity contribution < 1.29 is 4.39 Å². The van der Waals surface area contributed by atoms with Crippen LogP contribution in [0.2, 0.25) is 0 Å². The summed E-state index contributed by atoms with van der Waals surface area (Å²) in [4.78, 5) is 0.964. The molecule has 0 fully saturated rings. The van der Waals surface area contributed by atoms with E-state index in [1.54, 1.807) is 6.07 Å². The number of hydrogen-bond donors (Lipinski definition) is 1. The summed E-state index contributed by atoms with van der Waals surface area (Å²) in [5.74, 6) is 0.205. The SMILES string of the molecule is N#Cc1cc(F)ccc1CSc1ccccc1N. The van der Waals surface area contributed by atoms with Crippen LogP contribution in [0.5, 0.6) is 0 Å². The van der Waals surface area contributed by atoms with Gasteiger partial charge in [-0.25, -0.2) is 4.39 Å². The van der Waals surface area contributed by atoms with Crippen molar-refractivity contribution >= 4 is 17.4 Å². The van der Waals surface area contributed by atoms with E-state index in [1.165, 1.54) is 23.9 Å². The minimum Gasteiger partial charge on any atom is -0.398 e. The van der Waals surface area contributed by atoms with E-state index in [9.17, 15) is 4.39 Å². The molecule has 0 unspecified atom stereocenters. The van der Waals surface area contributed by atoms with Crippen LogP contribution in [0.1, 0.15) is 11.1 Å². The Bertz CT molecular complexity index is 605. The maximum Gasteiger partial charge on any atom is 0.124 e. The minimum absolute atomic E-state index is 0.372. The molecule has 0 saturated carbocycles. The van der Waals surface area contributed by atoms with E-state index < -0.39 is 0 Å². The molecule has 2 aromatic carbocycles. The average Bonchev–Trinajstić information content (AvgIpc) is 2.39. The number of nitriles is 1. The monoisotopic (exact) mass is 258 g/mol. The normalized spacial score (nSPS) is 10.0. The van der Waals surface area contributed by atoms with Gasteiger partial charge in [0.1, 0.15) is 5.82 Å². The van der Waals surface area contributed by atoms with Crippen LogP contribution in [0.25, 0.3) is 0 Å². The second-order valence-corrected chi connectivity index (χ2v) is 4.76. The lowest BCUT2D eigenvalue weighted by Gasteiger charge is -2.06. The highest BCUT2D eigenvalue weighted by atomic mass is 32.2. The van der Waals surface area contributed by atoms with Gasteiger partial charge in [-0.05, 0) is 29.8 Å². The first-order chi connectivity index (χ1) is 8.70. The Morgan fingerprint density at radius 1 is 1.22 bits per heavy atom. The summed E-state index contributed by atoms with van der Waals surface area (Å²) in [7, 11) is 0. The largest absolute Gasteiger partial charge is 0.398 e. The summed E-state index contributed by atoms with van der Waals surface area (Å²) in [5, 5.41) is 8.94. The van der Waals surface area contributed by atoms with Crippen LogP contribution < -0.4 is 5.73 Å². The molecular formula is C14H11FN2S. The topological polar surface area (TPSA) is 49.8 Å². The molecule has 0 aromatic heterocycles. The highest BCUT2D eigenvalue weighted by Crippen LogP contribution is 2.28. The molecular weight excluding hydrogens is 247 g/mol. The van der Waals surface area contributed by atoms with E-state index in [4.69, 9.17) is 11.0 Å². The summed E-state index contributed by atoms with van der Waals surface area (Å²) in [5.41, 5.74) is 7.73. The fraction of sp³-hybridized carbons (Fsp3) is 0.0714. The van der Waals surface area contributed by atoms with E-state index in [0.29, 0.717) is 17.0 Å². The van der Waals surface area contributed by atoms with Crippen LogP contribution in [0.15, 0.2) is 47.4 Å². The average molecular weight is 258 g/mol. The maximum absolute atomic E-state index is 13.0. The van der Waals surface area contributed by atoms with Crippen LogP contribution in [0.3, 0.4) is 0 Å². The van der Waals surface area contributed by atoms with E-state index in [0.717, 1.165) is 10.5 Å². The maximum atomic E-state index is 13.0. The molecule has 0 spiro atoms. The molecule has 2 aromatic rings. The number of thioether (sulfide) groups is 1. The Kier molecular flexibility index (Phi) is 3.85. The first kappa shape index (κ1) is 12.5. The number of para-hydroxylation sites is 1. The molecule has 4 heteroatoms. The lowest BCUT2D eigenvalue weighted by Crippen LogP contribution is -1.91. The zero-order valence-electron chi connectivity index (χ0n) is 9.56. The fourth-order valence-electron chi connectivity index (χ4n) is 1.55. The van der Waals surface area contributed by atoms with Crippen molar-refractivity contribution in [2.45, 2.75) is 10.6 Å². The Balaban J connectivity index is 2.16. The van der Waals surface area contributed by atoms with E-state index >= 15 is 0 Å². The van der Waals surface area contributed by atoms with Crippen molar-refractivity contribution in [1.82, 2.24) is 0 Å². The number of nitrogen functional groups attached to an aromatic ring is 1. The molecule has 0 amide bonds. The van der Waals surface area contributed by atoms with E-state index in [2.05, 4.69) is 0 Å². The number of nitrogens with zero attached hydrogens (tertiary/aromatic N) is 1. The van der Waals surface area contributed by atoms with Gasteiger partial charge in [-0.1, -0.05) is 18.2 Å². The molecule has 0 aliphatic heterocycles. The zero-order valence-corrected chi connectivity index (χ0v) is 10.4. The van der Waals surface area contributed by atoms with Gasteiger partial charge >= 0.3 is 0 Å². The standard InChI is InChI=1S/C14H11FN2S/c15-12-6-5-10(11(7-12)8-16)9-18-14-4-2-1-3-13(14)17/h1-7H,9,17H2. The minimum atomic E-state index is -0.389. The molecule has 90 valence electrons. The van der Waals surface area contributed by atoms with Gasteiger partial charge in [-0.3, -0.25) is 0 Å². The summed E-state index contributed by atoms with van der Waals surface area (Å²) >= 11 is 1.54. The molecule has 2 rings (SSSR count). The number of hydrogen-bond acceptors (Lipinski definition) is 3. The molecule has 0 aliphatic rings. The molecule has 0 heterocycles. The molecule has 18 heavy (non-hydrogen) atoms. The third-order valence-electron chi connectivity index (χ3n) is 2.49. The van der Waals surface area contributed by atoms with E-state index in [-0.39, 0.29) is 5.82 Å². The van der Waals surface area contributed by atoms with Gasteiger partial charge in [-0.2, -0.15) is 5.26 Å². The van der Waals surface area contributed by atoms with Crippen LogP contribution in [-0.4, -0.2) is 0 Å². The predicted octanol–water partition coefficient (Wildman–Crippen LogP) is 3.57. The molecule has 0 atom stereocenters. The summed E-state index contributed by atoms with van der Waals surface area (Å²) in [6.45, 7) is 0. The van der Waals surface area contributed by atoms with Gasteiger partial charge in [0.15, 0.2) is 0 Å². The highest BCUT2D eigenvalue weighted by Gasteiger charge is 2.05. The fourth-order valence-corrected chi connectivity index (χ4v) is 2.52. The van der Waals surface area contributed by atoms with Crippen molar-refractivity contribution in [3.63, 3.8) is 0 Å². The third-order valence-corrected chi connectivity index (χ3v) is 3.63. The van der Waals surface area contributed by atoms with Crippen LogP contribution in [0, 0.1) is 17.1 Å². The Labute approximate surface area is 109 Å². The summed E-state index contributed by atoms with van der Waals surface area (Å²) in [6, 6.07) is 13.8. The summed E-state index contributed by atoms with van der Waals surface area (Å²) in [6.07, 6.45) is 0. The summed E-state index contributed by atoms with van der Waals surface area (Å²) < 4.78 is 13.0. The number of nitrogens with two attached hydrogens (primary N) is 1. The zero-order chi connectivity index (χ0) is 13.0. The third kappa shape index (κ3) is 2.82. The number of rotatable bonds is 3. The second-order valence-electron chi connectivity index (χ2n) is 3.74. The molecule has 0 saturated heterocycles. The molecule has 0 radical (unpaired) electrons. The van der Waals surface area contributed by atoms with Crippen molar-refractivity contribution in [1.29, 1.82) is 5.26 Å². The Morgan fingerprint density at radius 3 is 2.72 bits per heavy atom. The van der Waals surface area contributed by atoms with Gasteiger partial charge in [0.2, 0.25) is 0 Å². The highest BCUT2D eigenvalue weighted by molar-refractivity contribution is 7.98. The Morgan fingerprint density at radius 2 is 2.00 bits per heavy atom. The molecule has 2 nitrogen and oxygen atoms in total. The molecule has 0 bridgehead atoms. The van der Waals surface area contributed by atoms with Gasteiger partial charge in [0.25, 0.3) is 0 Å². The number of benzene rings is 2. The van der Waals surface area contributed by atoms with Crippen LogP contribution >= 0.6 is 11.8 Å². The van der Waals surface area contributed by atoms with Crippen LogP contribution in [-0.2, 0) is 5.75 Å². The Hall–Kier alpha value is -1.99. The van der Waals surface area contributed by atoms with Gasteiger partial charge in [0.05, 0.1) is 11.6 Å². The number of anilines is 1.